The van der Waals surface area contributed by atoms with E-state index in [1.807, 2.05) is 6.07 Å². The number of hydrogen-bond acceptors (Lipinski definition) is 5. The largest absolute Gasteiger partial charge is 0.495 e. The van der Waals surface area contributed by atoms with Crippen LogP contribution in [0.2, 0.25) is 0 Å². The predicted molar refractivity (Wildman–Crippen MR) is 124 cm³/mol. The summed E-state index contributed by atoms with van der Waals surface area (Å²) >= 11 is 0. The zero-order chi connectivity index (χ0) is 23.8. The van der Waals surface area contributed by atoms with Crippen molar-refractivity contribution in [1.29, 1.82) is 0 Å². The monoisotopic (exact) mass is 470 g/mol. The third-order valence-electron chi connectivity index (χ3n) is 4.57. The zero-order valence-electron chi connectivity index (χ0n) is 18.0. The first kappa shape index (κ1) is 24.0. The predicted octanol–water partition coefficient (Wildman–Crippen LogP) is 3.97. The molecule has 0 radical (unpaired) electrons. The molecule has 0 spiro atoms. The molecule has 3 aromatic carbocycles. The Morgan fingerprint density at radius 1 is 1.06 bits per heavy atom. The highest BCUT2D eigenvalue weighted by Crippen LogP contribution is 2.25. The van der Waals surface area contributed by atoms with Crippen LogP contribution in [0.5, 0.6) is 11.5 Å². The Morgan fingerprint density at radius 3 is 2.58 bits per heavy atom. The maximum Gasteiger partial charge on any atom is 0.248 e. The Bertz CT molecular complexity index is 1280. The summed E-state index contributed by atoms with van der Waals surface area (Å²) in [6, 6.07) is 17.5. The maximum absolute atomic E-state index is 13.3. The number of benzene rings is 3. The van der Waals surface area contributed by atoms with Gasteiger partial charge in [-0.3, -0.25) is 4.79 Å². The van der Waals surface area contributed by atoms with Crippen molar-refractivity contribution in [2.24, 2.45) is 0 Å². The fourth-order valence-electron chi connectivity index (χ4n) is 2.94. The van der Waals surface area contributed by atoms with Gasteiger partial charge in [0.2, 0.25) is 15.9 Å². The molecule has 0 bridgehead atoms. The van der Waals surface area contributed by atoms with Crippen molar-refractivity contribution in [3.8, 4) is 11.5 Å². The number of amides is 1. The van der Waals surface area contributed by atoms with Gasteiger partial charge in [0.1, 0.15) is 28.8 Å². The summed E-state index contributed by atoms with van der Waals surface area (Å²) in [6.45, 7) is 0.206. The molecule has 0 saturated heterocycles. The number of nitrogens with one attached hydrogen (secondary N) is 2. The normalized spacial score (nSPS) is 11.4. The number of ether oxygens (including phenoxy) is 2. The van der Waals surface area contributed by atoms with Crippen molar-refractivity contribution in [2.75, 3.05) is 19.5 Å². The maximum atomic E-state index is 13.3. The molecule has 172 valence electrons. The Morgan fingerprint density at radius 2 is 1.85 bits per heavy atom. The van der Waals surface area contributed by atoms with Crippen LogP contribution in [-0.2, 0) is 21.4 Å². The Kier molecular flexibility index (Phi) is 7.81. The van der Waals surface area contributed by atoms with Gasteiger partial charge in [0, 0.05) is 17.8 Å². The van der Waals surface area contributed by atoms with Crippen LogP contribution in [-0.4, -0.2) is 28.5 Å². The van der Waals surface area contributed by atoms with Crippen molar-refractivity contribution in [1.82, 2.24) is 4.72 Å². The van der Waals surface area contributed by atoms with E-state index in [0.29, 0.717) is 17.0 Å². The molecular formula is C24H23FN2O5S. The van der Waals surface area contributed by atoms with Gasteiger partial charge in [0.15, 0.2) is 0 Å². The van der Waals surface area contributed by atoms with Crippen LogP contribution in [0.3, 0.4) is 0 Å². The van der Waals surface area contributed by atoms with Crippen molar-refractivity contribution in [3.05, 3.63) is 89.8 Å². The Balaban J connectivity index is 1.66. The number of carbonyl (C=O) groups is 1. The van der Waals surface area contributed by atoms with Gasteiger partial charge in [-0.05, 0) is 60.6 Å². The molecule has 7 nitrogen and oxygen atoms in total. The van der Waals surface area contributed by atoms with Gasteiger partial charge in [-0.1, -0.05) is 24.3 Å². The van der Waals surface area contributed by atoms with E-state index < -0.39 is 15.9 Å². The van der Waals surface area contributed by atoms with E-state index in [4.69, 9.17) is 9.47 Å². The Hall–Kier alpha value is -3.69. The SMILES string of the molecule is CNS(=O)(=O)c1cc(/C=C/C(=O)Nc2cccc(COc3cccc(F)c3)c2)ccc1OC. The molecule has 9 heteroatoms. The molecule has 0 heterocycles. The average molecular weight is 471 g/mol. The van der Waals surface area contributed by atoms with Crippen LogP contribution >= 0.6 is 0 Å². The van der Waals surface area contributed by atoms with Crippen molar-refractivity contribution < 1.29 is 27.1 Å². The first-order valence-corrected chi connectivity index (χ1v) is 11.4. The molecule has 0 unspecified atom stereocenters. The lowest BCUT2D eigenvalue weighted by atomic mass is 10.2. The van der Waals surface area contributed by atoms with Gasteiger partial charge < -0.3 is 14.8 Å². The third-order valence-corrected chi connectivity index (χ3v) is 6.00. The highest BCUT2D eigenvalue weighted by molar-refractivity contribution is 7.89. The summed E-state index contributed by atoms with van der Waals surface area (Å²) in [5.74, 6) is -0.172. The highest BCUT2D eigenvalue weighted by atomic mass is 32.2. The standard InChI is InChI=1S/C24H23FN2O5S/c1-26-33(29,30)23-14-17(9-11-22(23)31-2)10-12-24(28)27-20-7-3-5-18(13-20)16-32-21-8-4-6-19(25)15-21/h3-15,26H,16H2,1-2H3,(H,27,28)/b12-10+. The van der Waals surface area contributed by atoms with E-state index in [1.165, 1.54) is 50.6 Å². The first-order valence-electron chi connectivity index (χ1n) is 9.88. The summed E-state index contributed by atoms with van der Waals surface area (Å²) in [6.07, 6.45) is 2.80. The molecule has 3 aromatic rings. The summed E-state index contributed by atoms with van der Waals surface area (Å²) in [5, 5.41) is 2.74. The van der Waals surface area contributed by atoms with Crippen molar-refractivity contribution >= 4 is 27.7 Å². The fraction of sp³-hybridized carbons (Fsp3) is 0.125. The topological polar surface area (TPSA) is 93.7 Å². The number of carbonyl (C=O) groups excluding carboxylic acids is 1. The van der Waals surface area contributed by atoms with E-state index >= 15 is 0 Å². The molecule has 0 aliphatic carbocycles. The smallest absolute Gasteiger partial charge is 0.248 e. The number of anilines is 1. The summed E-state index contributed by atoms with van der Waals surface area (Å²) in [5.41, 5.74) is 1.85. The van der Waals surface area contributed by atoms with E-state index in [2.05, 4.69) is 10.0 Å². The minimum atomic E-state index is -3.73. The van der Waals surface area contributed by atoms with E-state index in [1.54, 1.807) is 36.4 Å². The van der Waals surface area contributed by atoms with E-state index in [9.17, 15) is 17.6 Å². The second-order valence-electron chi connectivity index (χ2n) is 6.89. The van der Waals surface area contributed by atoms with E-state index in [0.717, 1.165) is 5.56 Å². The second kappa shape index (κ2) is 10.8. The molecule has 2 N–H and O–H groups in total. The van der Waals surface area contributed by atoms with Crippen LogP contribution in [0.15, 0.2) is 77.7 Å². The lowest BCUT2D eigenvalue weighted by Gasteiger charge is -2.09. The van der Waals surface area contributed by atoms with Gasteiger partial charge in [0.05, 0.1) is 7.11 Å². The molecule has 0 aliphatic rings. The summed E-state index contributed by atoms with van der Waals surface area (Å²) in [4.78, 5) is 12.3. The molecule has 1 amide bonds. The van der Waals surface area contributed by atoms with Gasteiger partial charge in [0.25, 0.3) is 0 Å². The number of halogens is 1. The summed E-state index contributed by atoms with van der Waals surface area (Å²) in [7, 11) is -1.04. The second-order valence-corrected chi connectivity index (χ2v) is 8.74. The van der Waals surface area contributed by atoms with Gasteiger partial charge in [-0.15, -0.1) is 0 Å². The molecule has 0 atom stereocenters. The summed E-state index contributed by atoms with van der Waals surface area (Å²) < 4.78 is 50.5. The molecule has 0 aliphatic heterocycles. The average Bonchev–Trinajstić information content (AvgIpc) is 2.81. The zero-order valence-corrected chi connectivity index (χ0v) is 18.9. The van der Waals surface area contributed by atoms with Gasteiger partial charge in [-0.2, -0.15) is 0 Å². The molecule has 0 saturated carbocycles. The third kappa shape index (κ3) is 6.64. The van der Waals surface area contributed by atoms with Crippen LogP contribution in [0.25, 0.3) is 6.08 Å². The van der Waals surface area contributed by atoms with Gasteiger partial charge >= 0.3 is 0 Å². The quantitative estimate of drug-likeness (QED) is 0.462. The van der Waals surface area contributed by atoms with Gasteiger partial charge in [-0.25, -0.2) is 17.5 Å². The van der Waals surface area contributed by atoms with Crippen LogP contribution in [0.1, 0.15) is 11.1 Å². The first-order chi connectivity index (χ1) is 15.8. The van der Waals surface area contributed by atoms with Crippen LogP contribution < -0.4 is 19.5 Å². The number of rotatable bonds is 9. The number of hydrogen-bond donors (Lipinski definition) is 2. The van der Waals surface area contributed by atoms with Crippen LogP contribution in [0, 0.1) is 5.82 Å². The Labute approximate surface area is 191 Å². The van der Waals surface area contributed by atoms with Crippen LogP contribution in [0.4, 0.5) is 10.1 Å². The highest BCUT2D eigenvalue weighted by Gasteiger charge is 2.17. The molecule has 33 heavy (non-hydrogen) atoms. The molecular weight excluding hydrogens is 447 g/mol. The molecule has 0 aromatic heterocycles. The van der Waals surface area contributed by atoms with Crippen molar-refractivity contribution in [2.45, 2.75) is 11.5 Å². The van der Waals surface area contributed by atoms with Crippen molar-refractivity contribution in [3.63, 3.8) is 0 Å². The number of methoxy groups -OCH3 is 1. The number of sulfonamides is 1. The minimum Gasteiger partial charge on any atom is -0.495 e. The lowest BCUT2D eigenvalue weighted by molar-refractivity contribution is -0.111. The lowest BCUT2D eigenvalue weighted by Crippen LogP contribution is -2.19. The minimum absolute atomic E-state index is 0.0268. The molecule has 0 fully saturated rings. The molecule has 3 rings (SSSR count). The fourth-order valence-corrected chi connectivity index (χ4v) is 3.86. The van der Waals surface area contributed by atoms with E-state index in [-0.39, 0.29) is 23.1 Å².